The average molecular weight is 344 g/mol. The van der Waals surface area contributed by atoms with Crippen molar-refractivity contribution in [3.63, 3.8) is 0 Å². The van der Waals surface area contributed by atoms with E-state index in [1.165, 1.54) is 5.38 Å². The third-order valence-corrected chi connectivity index (χ3v) is 3.49. The molecule has 0 bridgehead atoms. The van der Waals surface area contributed by atoms with Crippen molar-refractivity contribution in [3.8, 4) is 0 Å². The summed E-state index contributed by atoms with van der Waals surface area (Å²) in [7, 11) is 0. The van der Waals surface area contributed by atoms with E-state index in [0.717, 1.165) is 17.4 Å². The predicted octanol–water partition coefficient (Wildman–Crippen LogP) is 2.92. The molecule has 0 aliphatic heterocycles. The molecule has 1 amide bonds. The van der Waals surface area contributed by atoms with Crippen LogP contribution in [0.1, 0.15) is 23.0 Å². The lowest BCUT2D eigenvalue weighted by atomic mass is 10.2. The number of benzene rings is 1. The van der Waals surface area contributed by atoms with E-state index in [1.54, 1.807) is 6.92 Å². The Morgan fingerprint density at radius 1 is 1.26 bits per heavy atom. The summed E-state index contributed by atoms with van der Waals surface area (Å²) in [6, 6.07) is 1.48. The highest BCUT2D eigenvalue weighted by molar-refractivity contribution is 7.14. The Bertz CT molecular complexity index is 749. The Morgan fingerprint density at radius 3 is 2.70 bits per heavy atom. The minimum absolute atomic E-state index is 0.0697. The molecule has 0 saturated heterocycles. The number of nitrogens with zero attached hydrogens (tertiary/aromatic N) is 1. The number of halogens is 3. The predicted molar refractivity (Wildman–Crippen MR) is 76.7 cm³/mol. The normalized spacial score (nSPS) is 10.4. The fourth-order valence-corrected chi connectivity index (χ4v) is 2.38. The zero-order valence-corrected chi connectivity index (χ0v) is 12.7. The van der Waals surface area contributed by atoms with E-state index in [-0.39, 0.29) is 18.2 Å². The number of rotatable bonds is 5. The van der Waals surface area contributed by atoms with Gasteiger partial charge in [-0.1, -0.05) is 0 Å². The summed E-state index contributed by atoms with van der Waals surface area (Å²) in [5, 5.41) is 3.88. The van der Waals surface area contributed by atoms with Gasteiger partial charge in [-0.15, -0.1) is 11.3 Å². The Morgan fingerprint density at radius 2 is 2.00 bits per heavy atom. The topological polar surface area (TPSA) is 68.3 Å². The van der Waals surface area contributed by atoms with Gasteiger partial charge in [-0.25, -0.2) is 18.2 Å². The second-order valence-corrected chi connectivity index (χ2v) is 5.16. The molecule has 0 radical (unpaired) electrons. The van der Waals surface area contributed by atoms with Gasteiger partial charge in [-0.05, 0) is 19.1 Å². The molecule has 9 heteroatoms. The zero-order valence-electron chi connectivity index (χ0n) is 11.9. The van der Waals surface area contributed by atoms with Crippen molar-refractivity contribution < 1.29 is 27.5 Å². The van der Waals surface area contributed by atoms with Crippen LogP contribution in [0.25, 0.3) is 0 Å². The minimum Gasteiger partial charge on any atom is -0.466 e. The van der Waals surface area contributed by atoms with Gasteiger partial charge in [-0.2, -0.15) is 0 Å². The molecular formula is C14H11F3N2O3S. The highest BCUT2D eigenvalue weighted by Crippen LogP contribution is 2.20. The molecule has 1 heterocycles. The number of thiazole rings is 1. The second-order valence-electron chi connectivity index (χ2n) is 4.30. The van der Waals surface area contributed by atoms with E-state index < -0.39 is 34.9 Å². The van der Waals surface area contributed by atoms with Gasteiger partial charge in [-0.3, -0.25) is 14.9 Å². The Balaban J connectivity index is 2.08. The van der Waals surface area contributed by atoms with Crippen LogP contribution in [0.5, 0.6) is 0 Å². The van der Waals surface area contributed by atoms with Gasteiger partial charge in [0.05, 0.1) is 24.3 Å². The lowest BCUT2D eigenvalue weighted by molar-refractivity contribution is -0.142. The number of amides is 1. The van der Waals surface area contributed by atoms with Crippen LogP contribution in [-0.4, -0.2) is 23.5 Å². The van der Waals surface area contributed by atoms with Crippen LogP contribution >= 0.6 is 11.3 Å². The summed E-state index contributed by atoms with van der Waals surface area (Å²) in [6.45, 7) is 1.91. The van der Waals surface area contributed by atoms with E-state index in [9.17, 15) is 22.8 Å². The molecule has 1 aromatic carbocycles. The molecule has 122 valence electrons. The van der Waals surface area contributed by atoms with E-state index in [2.05, 4.69) is 10.3 Å². The Kier molecular flexibility index (Phi) is 5.32. The van der Waals surface area contributed by atoms with Gasteiger partial charge in [0.15, 0.2) is 22.6 Å². The molecule has 23 heavy (non-hydrogen) atoms. The molecule has 2 rings (SSSR count). The van der Waals surface area contributed by atoms with Crippen LogP contribution in [0.15, 0.2) is 17.5 Å². The molecule has 0 aliphatic carbocycles. The van der Waals surface area contributed by atoms with Crippen molar-refractivity contribution in [2.45, 2.75) is 13.3 Å². The maximum Gasteiger partial charge on any atom is 0.311 e. The summed E-state index contributed by atoms with van der Waals surface area (Å²) in [6.07, 6.45) is -0.0697. The molecule has 0 fully saturated rings. The molecule has 5 nitrogen and oxygen atoms in total. The molecule has 0 atom stereocenters. The largest absolute Gasteiger partial charge is 0.466 e. The monoisotopic (exact) mass is 344 g/mol. The van der Waals surface area contributed by atoms with Crippen LogP contribution in [0.3, 0.4) is 0 Å². The lowest BCUT2D eigenvalue weighted by Crippen LogP contribution is -2.15. The highest BCUT2D eigenvalue weighted by atomic mass is 32.1. The number of nitrogens with one attached hydrogen (secondary N) is 1. The minimum atomic E-state index is -1.72. The quantitative estimate of drug-likeness (QED) is 0.669. The summed E-state index contributed by atoms with van der Waals surface area (Å²) in [5.74, 6) is -6.13. The molecule has 2 aromatic rings. The van der Waals surface area contributed by atoms with Gasteiger partial charge in [0.1, 0.15) is 0 Å². The molecular weight excluding hydrogens is 333 g/mol. The number of hydrogen-bond acceptors (Lipinski definition) is 5. The highest BCUT2D eigenvalue weighted by Gasteiger charge is 2.20. The number of carbonyl (C=O) groups is 2. The zero-order chi connectivity index (χ0) is 17.0. The standard InChI is InChI=1S/C14H11F3N2O3S/c1-2-22-10(20)5-7-6-23-14(18-7)19-13(21)8-3-4-9(15)12(17)11(8)16/h3-4,6H,2,5H2,1H3,(H,18,19,21). The summed E-state index contributed by atoms with van der Waals surface area (Å²) in [5.41, 5.74) is -0.277. The fourth-order valence-electron chi connectivity index (χ4n) is 1.67. The third kappa shape index (κ3) is 4.07. The van der Waals surface area contributed by atoms with Gasteiger partial charge in [0.25, 0.3) is 5.91 Å². The first-order valence-electron chi connectivity index (χ1n) is 6.47. The molecule has 1 aromatic heterocycles. The summed E-state index contributed by atoms with van der Waals surface area (Å²) >= 11 is 1.00. The van der Waals surface area contributed by atoms with Gasteiger partial charge in [0.2, 0.25) is 0 Å². The summed E-state index contributed by atoms with van der Waals surface area (Å²) < 4.78 is 44.2. The Hall–Kier alpha value is -2.42. The number of carbonyl (C=O) groups excluding carboxylic acids is 2. The first-order valence-corrected chi connectivity index (χ1v) is 7.35. The van der Waals surface area contributed by atoms with Crippen LogP contribution in [-0.2, 0) is 16.0 Å². The first-order chi connectivity index (χ1) is 10.9. The molecule has 0 spiro atoms. The second kappa shape index (κ2) is 7.23. The third-order valence-electron chi connectivity index (χ3n) is 2.68. The van der Waals surface area contributed by atoms with Gasteiger partial charge in [0, 0.05) is 5.38 Å². The van der Waals surface area contributed by atoms with E-state index in [4.69, 9.17) is 4.74 Å². The van der Waals surface area contributed by atoms with Crippen molar-refractivity contribution in [1.82, 2.24) is 4.98 Å². The van der Waals surface area contributed by atoms with Crippen LogP contribution in [0.2, 0.25) is 0 Å². The number of anilines is 1. The Labute approximate surface area is 133 Å². The maximum absolute atomic E-state index is 13.5. The molecule has 0 aliphatic rings. The molecule has 0 saturated carbocycles. The van der Waals surface area contributed by atoms with E-state index in [1.807, 2.05) is 0 Å². The van der Waals surface area contributed by atoms with Crippen molar-refractivity contribution in [3.05, 3.63) is 46.2 Å². The first kappa shape index (κ1) is 16.9. The molecule has 1 N–H and O–H groups in total. The lowest BCUT2D eigenvalue weighted by Gasteiger charge is -2.04. The SMILES string of the molecule is CCOC(=O)Cc1csc(NC(=O)c2ccc(F)c(F)c2F)n1. The average Bonchev–Trinajstić information content (AvgIpc) is 2.92. The van der Waals surface area contributed by atoms with Gasteiger partial charge < -0.3 is 4.74 Å². The number of ether oxygens (including phenoxy) is 1. The van der Waals surface area contributed by atoms with Crippen molar-refractivity contribution in [2.75, 3.05) is 11.9 Å². The maximum atomic E-state index is 13.5. The van der Waals surface area contributed by atoms with E-state index in [0.29, 0.717) is 11.8 Å². The van der Waals surface area contributed by atoms with Crippen molar-refractivity contribution >= 4 is 28.3 Å². The van der Waals surface area contributed by atoms with E-state index >= 15 is 0 Å². The smallest absolute Gasteiger partial charge is 0.311 e. The van der Waals surface area contributed by atoms with Crippen LogP contribution in [0.4, 0.5) is 18.3 Å². The molecule has 0 unspecified atom stereocenters. The number of esters is 1. The van der Waals surface area contributed by atoms with Crippen molar-refractivity contribution in [1.29, 1.82) is 0 Å². The van der Waals surface area contributed by atoms with Crippen LogP contribution < -0.4 is 5.32 Å². The fraction of sp³-hybridized carbons (Fsp3) is 0.214. The van der Waals surface area contributed by atoms with Crippen LogP contribution in [0, 0.1) is 17.5 Å². The van der Waals surface area contributed by atoms with Gasteiger partial charge >= 0.3 is 5.97 Å². The number of hydrogen-bond donors (Lipinski definition) is 1. The van der Waals surface area contributed by atoms with Crippen molar-refractivity contribution in [2.24, 2.45) is 0 Å². The number of aromatic nitrogens is 1. The summed E-state index contributed by atoms with van der Waals surface area (Å²) in [4.78, 5) is 27.1.